The number of nitrogens with zero attached hydrogens (tertiary/aromatic N) is 2. The minimum atomic E-state index is -3.82. The summed E-state index contributed by atoms with van der Waals surface area (Å²) in [4.78, 5) is 15.9. The summed E-state index contributed by atoms with van der Waals surface area (Å²) in [6.45, 7) is 1.58. The third kappa shape index (κ3) is 2.70. The summed E-state index contributed by atoms with van der Waals surface area (Å²) >= 11 is 0. The molecule has 0 aliphatic heterocycles. The quantitative estimate of drug-likeness (QED) is 0.865. The molecule has 0 fully saturated rings. The van der Waals surface area contributed by atoms with E-state index < -0.39 is 10.0 Å². The maximum absolute atomic E-state index is 12.1. The lowest BCUT2D eigenvalue weighted by atomic mass is 10.2. The third-order valence-electron chi connectivity index (χ3n) is 2.89. The summed E-state index contributed by atoms with van der Waals surface area (Å²) in [5, 5.41) is 7.77. The normalized spacial score (nSPS) is 11.3. The average molecular weight is 294 g/mol. The van der Waals surface area contributed by atoms with Gasteiger partial charge in [-0.2, -0.15) is 0 Å². The number of imidazole rings is 1. The minimum absolute atomic E-state index is 0.0136. The number of sulfonamides is 1. The first-order valence-corrected chi connectivity index (χ1v) is 7.25. The molecular formula is C12H14N4O3S. The van der Waals surface area contributed by atoms with Crippen LogP contribution in [-0.2, 0) is 17.1 Å². The van der Waals surface area contributed by atoms with Gasteiger partial charge < -0.3 is 9.88 Å². The number of aryl methyl sites for hydroxylation is 1. The lowest BCUT2D eigenvalue weighted by molar-refractivity contribution is 0.101. The van der Waals surface area contributed by atoms with Gasteiger partial charge in [0.2, 0.25) is 10.0 Å². The molecule has 0 spiro atoms. The van der Waals surface area contributed by atoms with Gasteiger partial charge in [0.25, 0.3) is 5.91 Å². The van der Waals surface area contributed by atoms with Crippen molar-refractivity contribution in [3.05, 3.63) is 42.0 Å². The van der Waals surface area contributed by atoms with Crippen LogP contribution in [0.5, 0.6) is 0 Å². The van der Waals surface area contributed by atoms with E-state index in [4.69, 9.17) is 5.14 Å². The highest BCUT2D eigenvalue weighted by atomic mass is 32.2. The Morgan fingerprint density at radius 3 is 2.65 bits per heavy atom. The monoisotopic (exact) mass is 294 g/mol. The van der Waals surface area contributed by atoms with Crippen molar-refractivity contribution in [3.63, 3.8) is 0 Å². The Balaban J connectivity index is 2.36. The zero-order valence-corrected chi connectivity index (χ0v) is 11.8. The second-order valence-electron chi connectivity index (χ2n) is 4.32. The molecule has 0 atom stereocenters. The van der Waals surface area contributed by atoms with Crippen LogP contribution in [-0.4, -0.2) is 23.9 Å². The number of primary sulfonamides is 1. The van der Waals surface area contributed by atoms with Crippen molar-refractivity contribution in [2.45, 2.75) is 11.8 Å². The van der Waals surface area contributed by atoms with Gasteiger partial charge in [0, 0.05) is 12.7 Å². The highest BCUT2D eigenvalue weighted by Crippen LogP contribution is 2.22. The number of anilines is 1. The molecule has 0 saturated carbocycles. The maximum atomic E-state index is 12.1. The predicted octanol–water partition coefficient (Wildman–Crippen LogP) is 0.628. The topological polar surface area (TPSA) is 107 Å². The van der Waals surface area contributed by atoms with Crippen molar-refractivity contribution < 1.29 is 13.2 Å². The Morgan fingerprint density at radius 2 is 2.10 bits per heavy atom. The van der Waals surface area contributed by atoms with Crippen molar-refractivity contribution in [1.29, 1.82) is 0 Å². The number of aromatic nitrogens is 2. The van der Waals surface area contributed by atoms with Crippen molar-refractivity contribution in [2.75, 3.05) is 5.32 Å². The van der Waals surface area contributed by atoms with E-state index in [1.54, 1.807) is 24.6 Å². The minimum Gasteiger partial charge on any atom is -0.330 e. The SMILES string of the molecule is Cc1c(NC(=O)c2cncn2C)cccc1S(N)(=O)=O. The summed E-state index contributed by atoms with van der Waals surface area (Å²) in [7, 11) is -2.13. The standard InChI is InChI=1S/C12H14N4O3S/c1-8-9(4-3-5-11(8)20(13,18)19)15-12(17)10-6-14-7-16(10)2/h3-7H,1-2H3,(H,15,17)(H2,13,18,19). The maximum Gasteiger partial charge on any atom is 0.273 e. The van der Waals surface area contributed by atoms with Crippen LogP contribution in [0.25, 0.3) is 0 Å². The number of rotatable bonds is 3. The molecule has 0 aliphatic carbocycles. The molecule has 3 N–H and O–H groups in total. The molecule has 0 unspecified atom stereocenters. The number of hydrogen-bond acceptors (Lipinski definition) is 4. The highest BCUT2D eigenvalue weighted by Gasteiger charge is 2.16. The average Bonchev–Trinajstić information content (AvgIpc) is 2.76. The van der Waals surface area contributed by atoms with Crippen LogP contribution < -0.4 is 10.5 Å². The van der Waals surface area contributed by atoms with Crippen LogP contribution in [0.1, 0.15) is 16.1 Å². The van der Waals surface area contributed by atoms with E-state index in [1.165, 1.54) is 24.7 Å². The lowest BCUT2D eigenvalue weighted by Gasteiger charge is -2.11. The molecule has 2 aromatic rings. The van der Waals surface area contributed by atoms with E-state index in [0.717, 1.165) is 0 Å². The third-order valence-corrected chi connectivity index (χ3v) is 3.94. The summed E-state index contributed by atoms with van der Waals surface area (Å²) in [6.07, 6.45) is 2.93. The van der Waals surface area contributed by atoms with Crippen LogP contribution in [0.15, 0.2) is 35.6 Å². The Morgan fingerprint density at radius 1 is 1.40 bits per heavy atom. The molecule has 7 nitrogen and oxygen atoms in total. The molecule has 106 valence electrons. The second-order valence-corrected chi connectivity index (χ2v) is 5.85. The molecule has 1 amide bonds. The van der Waals surface area contributed by atoms with E-state index >= 15 is 0 Å². The van der Waals surface area contributed by atoms with Crippen LogP contribution in [0.4, 0.5) is 5.69 Å². The van der Waals surface area contributed by atoms with Crippen LogP contribution in [0, 0.1) is 6.92 Å². The van der Waals surface area contributed by atoms with E-state index in [9.17, 15) is 13.2 Å². The fourth-order valence-corrected chi connectivity index (χ4v) is 2.63. The van der Waals surface area contributed by atoms with Crippen LogP contribution in [0.2, 0.25) is 0 Å². The second kappa shape index (κ2) is 5.06. The summed E-state index contributed by atoms with van der Waals surface area (Å²) in [5.41, 5.74) is 1.15. The zero-order valence-electron chi connectivity index (χ0n) is 11.0. The Hall–Kier alpha value is -2.19. The first-order valence-electron chi connectivity index (χ1n) is 5.71. The summed E-state index contributed by atoms with van der Waals surface area (Å²) in [6, 6.07) is 4.52. The molecule has 20 heavy (non-hydrogen) atoms. The van der Waals surface area contributed by atoms with E-state index in [-0.39, 0.29) is 10.8 Å². The number of carbonyl (C=O) groups is 1. The summed E-state index contributed by atoms with van der Waals surface area (Å²) < 4.78 is 24.4. The van der Waals surface area contributed by atoms with E-state index in [2.05, 4.69) is 10.3 Å². The fourth-order valence-electron chi connectivity index (χ4n) is 1.82. The van der Waals surface area contributed by atoms with Gasteiger partial charge in [0.1, 0.15) is 5.69 Å². The van der Waals surface area contributed by atoms with Crippen molar-refractivity contribution >= 4 is 21.6 Å². The number of nitrogens with one attached hydrogen (secondary N) is 1. The van der Waals surface area contributed by atoms with Gasteiger partial charge in [-0.25, -0.2) is 18.5 Å². The molecule has 1 aromatic carbocycles. The van der Waals surface area contributed by atoms with Crippen LogP contribution in [0.3, 0.4) is 0 Å². The van der Waals surface area contributed by atoms with Crippen molar-refractivity contribution in [1.82, 2.24) is 9.55 Å². The fraction of sp³-hybridized carbons (Fsp3) is 0.167. The Labute approximate surface area is 116 Å². The molecule has 0 aliphatic rings. The van der Waals surface area contributed by atoms with Gasteiger partial charge >= 0.3 is 0 Å². The molecule has 0 bridgehead atoms. The highest BCUT2D eigenvalue weighted by molar-refractivity contribution is 7.89. The number of nitrogens with two attached hydrogens (primary N) is 1. The molecular weight excluding hydrogens is 280 g/mol. The number of benzene rings is 1. The first-order chi connectivity index (χ1) is 9.30. The molecule has 2 rings (SSSR count). The van der Waals surface area contributed by atoms with Gasteiger partial charge in [0.05, 0.1) is 17.4 Å². The van der Waals surface area contributed by atoms with Crippen LogP contribution >= 0.6 is 0 Å². The van der Waals surface area contributed by atoms with Gasteiger partial charge in [-0.1, -0.05) is 6.07 Å². The number of amides is 1. The zero-order chi connectivity index (χ0) is 14.9. The van der Waals surface area contributed by atoms with E-state index in [1.807, 2.05) is 0 Å². The lowest BCUT2D eigenvalue weighted by Crippen LogP contribution is -2.18. The van der Waals surface area contributed by atoms with Gasteiger partial charge in [-0.15, -0.1) is 0 Å². The van der Waals surface area contributed by atoms with Crippen molar-refractivity contribution in [2.24, 2.45) is 12.2 Å². The van der Waals surface area contributed by atoms with Gasteiger partial charge in [-0.05, 0) is 24.6 Å². The molecule has 8 heteroatoms. The van der Waals surface area contributed by atoms with Gasteiger partial charge in [0.15, 0.2) is 0 Å². The van der Waals surface area contributed by atoms with E-state index in [0.29, 0.717) is 16.9 Å². The van der Waals surface area contributed by atoms with Crippen molar-refractivity contribution in [3.8, 4) is 0 Å². The largest absolute Gasteiger partial charge is 0.330 e. The number of carbonyl (C=O) groups excluding carboxylic acids is 1. The molecule has 1 heterocycles. The first kappa shape index (κ1) is 14.2. The Bertz CT molecular complexity index is 765. The predicted molar refractivity (Wildman–Crippen MR) is 73.7 cm³/mol. The molecule has 0 radical (unpaired) electrons. The molecule has 1 aromatic heterocycles. The summed E-state index contributed by atoms with van der Waals surface area (Å²) in [5.74, 6) is -0.375. The molecule has 0 saturated heterocycles. The number of hydrogen-bond donors (Lipinski definition) is 2. The smallest absolute Gasteiger partial charge is 0.273 e. The van der Waals surface area contributed by atoms with Gasteiger partial charge in [-0.3, -0.25) is 4.79 Å². The Kier molecular flexibility index (Phi) is 3.60.